The molecular formula is C15H24N4O2. The second kappa shape index (κ2) is 7.79. The first-order valence-corrected chi connectivity index (χ1v) is 7.33. The van der Waals surface area contributed by atoms with Gasteiger partial charge in [-0.3, -0.25) is 9.36 Å². The van der Waals surface area contributed by atoms with Crippen molar-refractivity contribution in [1.29, 1.82) is 5.26 Å². The number of unbranched alkanes of at least 4 members (excludes halogenated alkanes) is 1. The Bertz CT molecular complexity index is 607. The van der Waals surface area contributed by atoms with Crippen molar-refractivity contribution >= 4 is 0 Å². The van der Waals surface area contributed by atoms with Gasteiger partial charge >= 0.3 is 5.69 Å². The molecule has 0 spiro atoms. The predicted molar refractivity (Wildman–Crippen MR) is 81.9 cm³/mol. The highest BCUT2D eigenvalue weighted by Gasteiger charge is 2.15. The minimum absolute atomic E-state index is 0.282. The second-order valence-corrected chi connectivity index (χ2v) is 5.88. The number of nitrogens with two attached hydrogens (primary N) is 1. The number of hydrogen-bond donors (Lipinski definition) is 1. The van der Waals surface area contributed by atoms with E-state index < -0.39 is 0 Å². The zero-order chi connectivity index (χ0) is 15.9. The Morgan fingerprint density at radius 3 is 2.57 bits per heavy atom. The average Bonchev–Trinajstić information content (AvgIpc) is 2.45. The fourth-order valence-corrected chi connectivity index (χ4v) is 2.09. The van der Waals surface area contributed by atoms with Crippen LogP contribution in [0.5, 0.6) is 0 Å². The zero-order valence-corrected chi connectivity index (χ0v) is 12.8. The van der Waals surface area contributed by atoms with Gasteiger partial charge in [-0.1, -0.05) is 6.42 Å². The Hall–Kier alpha value is -1.87. The summed E-state index contributed by atoms with van der Waals surface area (Å²) >= 11 is 0. The molecule has 0 bridgehead atoms. The largest absolute Gasteiger partial charge is 0.330 e. The van der Waals surface area contributed by atoms with Crippen LogP contribution >= 0.6 is 0 Å². The van der Waals surface area contributed by atoms with E-state index in [4.69, 9.17) is 11.0 Å². The van der Waals surface area contributed by atoms with E-state index in [0.29, 0.717) is 26.1 Å². The maximum absolute atomic E-state index is 12.2. The standard InChI is InChI=1S/C15H24N4O2/c1-15(2,12-17)7-3-4-9-18-11-6-13(20)19(14(18)21)10-5-8-16/h6,11H,3-5,7-10,16H2,1-2H3. The Kier molecular flexibility index (Phi) is 6.38. The van der Waals surface area contributed by atoms with Gasteiger partial charge in [-0.15, -0.1) is 0 Å². The summed E-state index contributed by atoms with van der Waals surface area (Å²) < 4.78 is 2.78. The maximum atomic E-state index is 12.2. The van der Waals surface area contributed by atoms with E-state index >= 15 is 0 Å². The van der Waals surface area contributed by atoms with Crippen molar-refractivity contribution in [2.45, 2.75) is 52.6 Å². The highest BCUT2D eigenvalue weighted by atomic mass is 16.2. The van der Waals surface area contributed by atoms with E-state index in [2.05, 4.69) is 6.07 Å². The van der Waals surface area contributed by atoms with Crippen LogP contribution in [-0.4, -0.2) is 15.7 Å². The van der Waals surface area contributed by atoms with Crippen LogP contribution in [0.1, 0.15) is 39.5 Å². The molecule has 0 saturated heterocycles. The van der Waals surface area contributed by atoms with Crippen molar-refractivity contribution in [2.24, 2.45) is 11.1 Å². The van der Waals surface area contributed by atoms with Gasteiger partial charge in [-0.2, -0.15) is 5.26 Å². The van der Waals surface area contributed by atoms with Gasteiger partial charge in [0.2, 0.25) is 0 Å². The molecule has 1 heterocycles. The monoisotopic (exact) mass is 292 g/mol. The Labute approximate surface area is 124 Å². The lowest BCUT2D eigenvalue weighted by Gasteiger charge is -2.15. The molecule has 0 amide bonds. The molecule has 0 fully saturated rings. The summed E-state index contributed by atoms with van der Waals surface area (Å²) in [5, 5.41) is 8.95. The lowest BCUT2D eigenvalue weighted by molar-refractivity contribution is 0.411. The molecule has 0 atom stereocenters. The van der Waals surface area contributed by atoms with E-state index in [-0.39, 0.29) is 16.7 Å². The molecule has 0 aromatic carbocycles. The molecular weight excluding hydrogens is 268 g/mol. The topological polar surface area (TPSA) is 93.8 Å². The van der Waals surface area contributed by atoms with E-state index in [1.165, 1.54) is 10.6 Å². The Morgan fingerprint density at radius 2 is 1.95 bits per heavy atom. The van der Waals surface area contributed by atoms with Gasteiger partial charge in [-0.05, 0) is 39.7 Å². The van der Waals surface area contributed by atoms with Crippen molar-refractivity contribution in [1.82, 2.24) is 9.13 Å². The molecule has 1 aromatic rings. The SMILES string of the molecule is CC(C)(C#N)CCCCn1ccc(=O)n(CCCN)c1=O. The molecule has 6 nitrogen and oxygen atoms in total. The minimum atomic E-state index is -0.328. The highest BCUT2D eigenvalue weighted by Crippen LogP contribution is 2.21. The number of aromatic nitrogens is 2. The van der Waals surface area contributed by atoms with Crippen molar-refractivity contribution < 1.29 is 0 Å². The fourth-order valence-electron chi connectivity index (χ4n) is 2.09. The summed E-state index contributed by atoms with van der Waals surface area (Å²) in [6.45, 7) is 5.18. The first-order chi connectivity index (χ1) is 9.91. The van der Waals surface area contributed by atoms with Crippen molar-refractivity contribution in [2.75, 3.05) is 6.54 Å². The van der Waals surface area contributed by atoms with Crippen LogP contribution in [0, 0.1) is 16.7 Å². The molecule has 1 rings (SSSR count). The number of aryl methyl sites for hydroxylation is 1. The fraction of sp³-hybridized carbons (Fsp3) is 0.667. The van der Waals surface area contributed by atoms with E-state index in [0.717, 1.165) is 19.3 Å². The lowest BCUT2D eigenvalue weighted by Crippen LogP contribution is -2.39. The molecule has 0 unspecified atom stereocenters. The van der Waals surface area contributed by atoms with Gasteiger partial charge in [0, 0.05) is 25.4 Å². The molecule has 0 saturated carbocycles. The number of rotatable bonds is 8. The Balaban J connectivity index is 2.67. The molecule has 6 heteroatoms. The second-order valence-electron chi connectivity index (χ2n) is 5.88. The van der Waals surface area contributed by atoms with Gasteiger partial charge in [0.1, 0.15) is 0 Å². The van der Waals surface area contributed by atoms with E-state index in [9.17, 15) is 9.59 Å². The van der Waals surface area contributed by atoms with E-state index in [1.807, 2.05) is 13.8 Å². The first-order valence-electron chi connectivity index (χ1n) is 7.33. The molecule has 2 N–H and O–H groups in total. The van der Waals surface area contributed by atoms with Gasteiger partial charge in [0.05, 0.1) is 11.5 Å². The summed E-state index contributed by atoms with van der Waals surface area (Å²) in [6, 6.07) is 3.68. The van der Waals surface area contributed by atoms with Crippen molar-refractivity contribution in [3.05, 3.63) is 33.1 Å². The predicted octanol–water partition coefficient (Wildman–Crippen LogP) is 1.08. The summed E-state index contributed by atoms with van der Waals surface area (Å²) in [5.41, 5.74) is 4.52. The molecule has 0 radical (unpaired) electrons. The molecule has 1 aromatic heterocycles. The van der Waals surface area contributed by atoms with Crippen LogP contribution < -0.4 is 17.0 Å². The van der Waals surface area contributed by atoms with Crippen LogP contribution in [0.3, 0.4) is 0 Å². The normalized spacial score (nSPS) is 11.3. The van der Waals surface area contributed by atoms with Crippen LogP contribution in [0.25, 0.3) is 0 Å². The third kappa shape index (κ3) is 5.20. The van der Waals surface area contributed by atoms with Crippen LogP contribution in [0.15, 0.2) is 21.9 Å². The zero-order valence-electron chi connectivity index (χ0n) is 12.8. The van der Waals surface area contributed by atoms with Crippen LogP contribution in [-0.2, 0) is 13.1 Å². The summed E-state index contributed by atoms with van der Waals surface area (Å²) in [6.07, 6.45) is 4.62. The molecule has 0 aliphatic rings. The van der Waals surface area contributed by atoms with Gasteiger partial charge in [0.15, 0.2) is 0 Å². The minimum Gasteiger partial charge on any atom is -0.330 e. The van der Waals surface area contributed by atoms with Crippen molar-refractivity contribution in [3.8, 4) is 6.07 Å². The number of hydrogen-bond acceptors (Lipinski definition) is 4. The summed E-state index contributed by atoms with van der Waals surface area (Å²) in [5.74, 6) is 0. The number of nitrogens with zero attached hydrogens (tertiary/aromatic N) is 3. The van der Waals surface area contributed by atoms with E-state index in [1.54, 1.807) is 10.8 Å². The summed E-state index contributed by atoms with van der Waals surface area (Å²) in [4.78, 5) is 23.8. The van der Waals surface area contributed by atoms with Crippen LogP contribution in [0.2, 0.25) is 0 Å². The molecule has 21 heavy (non-hydrogen) atoms. The Morgan fingerprint density at radius 1 is 1.24 bits per heavy atom. The molecule has 0 aliphatic carbocycles. The first kappa shape index (κ1) is 17.2. The summed E-state index contributed by atoms with van der Waals surface area (Å²) in [7, 11) is 0. The quantitative estimate of drug-likeness (QED) is 0.725. The third-order valence-electron chi connectivity index (χ3n) is 3.48. The third-order valence-corrected chi connectivity index (χ3v) is 3.48. The van der Waals surface area contributed by atoms with Gasteiger partial charge in [0.25, 0.3) is 5.56 Å². The average molecular weight is 292 g/mol. The van der Waals surface area contributed by atoms with Gasteiger partial charge < -0.3 is 10.3 Å². The molecule has 0 aliphatic heterocycles. The lowest BCUT2D eigenvalue weighted by atomic mass is 9.89. The maximum Gasteiger partial charge on any atom is 0.330 e. The smallest absolute Gasteiger partial charge is 0.330 e. The van der Waals surface area contributed by atoms with Crippen molar-refractivity contribution in [3.63, 3.8) is 0 Å². The molecule has 116 valence electrons. The highest BCUT2D eigenvalue weighted by molar-refractivity contribution is 4.91. The number of nitriles is 1. The van der Waals surface area contributed by atoms with Gasteiger partial charge in [-0.25, -0.2) is 4.79 Å². The van der Waals surface area contributed by atoms with Crippen LogP contribution in [0.4, 0.5) is 0 Å².